The van der Waals surface area contributed by atoms with Gasteiger partial charge < -0.3 is 10.2 Å². The lowest BCUT2D eigenvalue weighted by Crippen LogP contribution is -1.96. The van der Waals surface area contributed by atoms with Crippen LogP contribution in [0.1, 0.15) is 19.4 Å². The summed E-state index contributed by atoms with van der Waals surface area (Å²) < 4.78 is 0. The molecule has 2 heteroatoms. The standard InChI is InChI=1S/C16H18O2/c1-11(2)9-13-10-15(18)7-8-16(13)12-3-5-14(17)6-4-12/h3-8,10-11,17-18H,9H2,1-2H3. The minimum absolute atomic E-state index is 0.267. The van der Waals surface area contributed by atoms with Crippen LogP contribution in [-0.4, -0.2) is 10.2 Å². The van der Waals surface area contributed by atoms with Crippen molar-refractivity contribution in [3.63, 3.8) is 0 Å². The van der Waals surface area contributed by atoms with Gasteiger partial charge in [0.2, 0.25) is 0 Å². The Kier molecular flexibility index (Phi) is 3.56. The molecule has 0 aliphatic carbocycles. The highest BCUT2D eigenvalue weighted by Gasteiger charge is 2.08. The van der Waals surface area contributed by atoms with Gasteiger partial charge in [-0.1, -0.05) is 32.0 Å². The van der Waals surface area contributed by atoms with Gasteiger partial charge in [-0.05, 0) is 53.3 Å². The van der Waals surface area contributed by atoms with E-state index in [1.807, 2.05) is 24.3 Å². The van der Waals surface area contributed by atoms with E-state index in [1.54, 1.807) is 18.2 Å². The van der Waals surface area contributed by atoms with Crippen LogP contribution >= 0.6 is 0 Å². The van der Waals surface area contributed by atoms with Gasteiger partial charge in [0.15, 0.2) is 0 Å². The summed E-state index contributed by atoms with van der Waals surface area (Å²) in [5, 5.41) is 18.9. The molecule has 0 heterocycles. The largest absolute Gasteiger partial charge is 0.508 e. The van der Waals surface area contributed by atoms with Crippen LogP contribution in [0.3, 0.4) is 0 Å². The van der Waals surface area contributed by atoms with E-state index in [9.17, 15) is 10.2 Å². The lowest BCUT2D eigenvalue weighted by atomic mass is 9.93. The van der Waals surface area contributed by atoms with Crippen molar-refractivity contribution in [2.24, 2.45) is 5.92 Å². The first-order valence-corrected chi connectivity index (χ1v) is 6.17. The molecule has 2 aromatic rings. The number of hydrogen-bond donors (Lipinski definition) is 2. The number of aromatic hydroxyl groups is 2. The van der Waals surface area contributed by atoms with E-state index in [2.05, 4.69) is 13.8 Å². The van der Waals surface area contributed by atoms with Gasteiger partial charge in [-0.3, -0.25) is 0 Å². The van der Waals surface area contributed by atoms with Crippen molar-refractivity contribution >= 4 is 0 Å². The Morgan fingerprint density at radius 1 is 0.889 bits per heavy atom. The number of rotatable bonds is 3. The molecular formula is C16H18O2. The van der Waals surface area contributed by atoms with E-state index in [1.165, 1.54) is 0 Å². The van der Waals surface area contributed by atoms with Crippen molar-refractivity contribution in [1.29, 1.82) is 0 Å². The summed E-state index contributed by atoms with van der Waals surface area (Å²) in [5.41, 5.74) is 3.31. The van der Waals surface area contributed by atoms with Crippen molar-refractivity contribution in [2.45, 2.75) is 20.3 Å². The Bertz CT molecular complexity index is 527. The van der Waals surface area contributed by atoms with Gasteiger partial charge in [-0.25, -0.2) is 0 Å². The predicted octanol–water partition coefficient (Wildman–Crippen LogP) is 3.96. The Morgan fingerprint density at radius 3 is 2.11 bits per heavy atom. The highest BCUT2D eigenvalue weighted by atomic mass is 16.3. The zero-order valence-corrected chi connectivity index (χ0v) is 10.7. The van der Waals surface area contributed by atoms with Crippen molar-refractivity contribution < 1.29 is 10.2 Å². The first-order chi connectivity index (χ1) is 8.56. The van der Waals surface area contributed by atoms with Gasteiger partial charge in [0.05, 0.1) is 0 Å². The van der Waals surface area contributed by atoms with Crippen molar-refractivity contribution in [2.75, 3.05) is 0 Å². The molecule has 0 saturated heterocycles. The fourth-order valence-corrected chi connectivity index (χ4v) is 2.11. The fourth-order valence-electron chi connectivity index (χ4n) is 2.11. The summed E-state index contributed by atoms with van der Waals surface area (Å²) in [5.74, 6) is 1.10. The Balaban J connectivity index is 2.45. The number of phenols is 2. The van der Waals surface area contributed by atoms with Crippen LogP contribution < -0.4 is 0 Å². The van der Waals surface area contributed by atoms with Crippen molar-refractivity contribution in [1.82, 2.24) is 0 Å². The van der Waals surface area contributed by atoms with Crippen LogP contribution in [0.15, 0.2) is 42.5 Å². The Hall–Kier alpha value is -1.96. The molecule has 94 valence electrons. The molecule has 0 aliphatic heterocycles. The SMILES string of the molecule is CC(C)Cc1cc(O)ccc1-c1ccc(O)cc1. The van der Waals surface area contributed by atoms with E-state index in [0.29, 0.717) is 11.7 Å². The zero-order valence-electron chi connectivity index (χ0n) is 10.7. The summed E-state index contributed by atoms with van der Waals surface area (Å²) in [7, 11) is 0. The lowest BCUT2D eigenvalue weighted by molar-refractivity contribution is 0.473. The van der Waals surface area contributed by atoms with Gasteiger partial charge >= 0.3 is 0 Å². The fraction of sp³-hybridized carbons (Fsp3) is 0.250. The van der Waals surface area contributed by atoms with E-state index in [-0.39, 0.29) is 5.75 Å². The molecule has 0 saturated carbocycles. The van der Waals surface area contributed by atoms with Crippen LogP contribution in [0.25, 0.3) is 11.1 Å². The normalized spacial score (nSPS) is 10.8. The maximum atomic E-state index is 9.60. The third-order valence-electron chi connectivity index (χ3n) is 2.90. The van der Waals surface area contributed by atoms with Crippen molar-refractivity contribution in [3.05, 3.63) is 48.0 Å². The highest BCUT2D eigenvalue weighted by Crippen LogP contribution is 2.29. The molecule has 0 aliphatic rings. The van der Waals surface area contributed by atoms with Crippen LogP contribution in [-0.2, 0) is 6.42 Å². The molecule has 18 heavy (non-hydrogen) atoms. The second-order valence-corrected chi connectivity index (χ2v) is 4.99. The minimum atomic E-state index is 0.267. The zero-order chi connectivity index (χ0) is 13.1. The molecule has 2 rings (SSSR count). The molecule has 0 bridgehead atoms. The minimum Gasteiger partial charge on any atom is -0.508 e. The second kappa shape index (κ2) is 5.13. The summed E-state index contributed by atoms with van der Waals surface area (Å²) in [6.07, 6.45) is 0.921. The average Bonchev–Trinajstić information content (AvgIpc) is 2.30. The first kappa shape index (κ1) is 12.5. The summed E-state index contributed by atoms with van der Waals surface area (Å²) in [6, 6.07) is 12.6. The van der Waals surface area contributed by atoms with Crippen LogP contribution in [0.5, 0.6) is 11.5 Å². The van der Waals surface area contributed by atoms with E-state index in [0.717, 1.165) is 23.1 Å². The molecule has 0 aromatic heterocycles. The Morgan fingerprint density at radius 2 is 1.50 bits per heavy atom. The van der Waals surface area contributed by atoms with Gasteiger partial charge in [0.1, 0.15) is 11.5 Å². The van der Waals surface area contributed by atoms with Gasteiger partial charge in [0.25, 0.3) is 0 Å². The van der Waals surface area contributed by atoms with Crippen LogP contribution in [0.2, 0.25) is 0 Å². The van der Waals surface area contributed by atoms with Crippen molar-refractivity contribution in [3.8, 4) is 22.6 Å². The number of benzene rings is 2. The molecule has 2 nitrogen and oxygen atoms in total. The molecule has 0 amide bonds. The first-order valence-electron chi connectivity index (χ1n) is 6.17. The third-order valence-corrected chi connectivity index (χ3v) is 2.90. The molecule has 2 N–H and O–H groups in total. The highest BCUT2D eigenvalue weighted by molar-refractivity contribution is 5.69. The quantitative estimate of drug-likeness (QED) is 0.855. The second-order valence-electron chi connectivity index (χ2n) is 4.99. The van der Waals surface area contributed by atoms with Gasteiger partial charge in [0, 0.05) is 0 Å². The smallest absolute Gasteiger partial charge is 0.115 e. The average molecular weight is 242 g/mol. The molecule has 0 radical (unpaired) electrons. The van der Waals surface area contributed by atoms with E-state index < -0.39 is 0 Å². The van der Waals surface area contributed by atoms with Crippen LogP contribution in [0.4, 0.5) is 0 Å². The number of hydrogen-bond acceptors (Lipinski definition) is 2. The third kappa shape index (κ3) is 2.83. The summed E-state index contributed by atoms with van der Waals surface area (Å²) in [4.78, 5) is 0. The van der Waals surface area contributed by atoms with E-state index >= 15 is 0 Å². The van der Waals surface area contributed by atoms with E-state index in [4.69, 9.17) is 0 Å². The monoisotopic (exact) mass is 242 g/mol. The summed E-state index contributed by atoms with van der Waals surface area (Å²) in [6.45, 7) is 4.31. The maximum absolute atomic E-state index is 9.60. The lowest BCUT2D eigenvalue weighted by Gasteiger charge is -2.12. The molecule has 2 aromatic carbocycles. The van der Waals surface area contributed by atoms with Crippen LogP contribution in [0, 0.1) is 5.92 Å². The molecular weight excluding hydrogens is 224 g/mol. The predicted molar refractivity (Wildman–Crippen MR) is 73.7 cm³/mol. The van der Waals surface area contributed by atoms with Gasteiger partial charge in [-0.15, -0.1) is 0 Å². The molecule has 0 fully saturated rings. The maximum Gasteiger partial charge on any atom is 0.115 e. The Labute approximate surface area is 108 Å². The number of phenolic OH excluding ortho intramolecular Hbond substituents is 2. The van der Waals surface area contributed by atoms with Gasteiger partial charge in [-0.2, -0.15) is 0 Å². The summed E-state index contributed by atoms with van der Waals surface area (Å²) >= 11 is 0. The molecule has 0 spiro atoms. The topological polar surface area (TPSA) is 40.5 Å². The molecule has 0 atom stereocenters. The molecule has 0 unspecified atom stereocenters.